The molecule has 3 N–H and O–H groups in total. The summed E-state index contributed by atoms with van der Waals surface area (Å²) in [6, 6.07) is 5.10. The molecule has 20 heavy (non-hydrogen) atoms. The molecule has 0 unspecified atom stereocenters. The van der Waals surface area contributed by atoms with E-state index >= 15 is 0 Å². The van der Waals surface area contributed by atoms with E-state index in [0.29, 0.717) is 17.4 Å². The number of nitrogens with zero attached hydrogens (tertiary/aromatic N) is 3. The van der Waals surface area contributed by atoms with E-state index in [2.05, 4.69) is 15.4 Å². The molecule has 0 atom stereocenters. The first-order valence-corrected chi connectivity index (χ1v) is 6.25. The van der Waals surface area contributed by atoms with Crippen LogP contribution in [0.2, 0.25) is 0 Å². The summed E-state index contributed by atoms with van der Waals surface area (Å²) in [7, 11) is 0. The Morgan fingerprint density at radius 3 is 2.95 bits per heavy atom. The maximum atomic E-state index is 11.9. The summed E-state index contributed by atoms with van der Waals surface area (Å²) < 4.78 is 6.99. The summed E-state index contributed by atoms with van der Waals surface area (Å²) in [6.07, 6.45) is 3.23. The number of rotatable bonds is 5. The second-order valence-corrected chi connectivity index (χ2v) is 4.51. The third kappa shape index (κ3) is 3.71. The van der Waals surface area contributed by atoms with Crippen molar-refractivity contribution >= 4 is 17.4 Å². The number of nitrogen functional groups attached to an aromatic ring is 1. The van der Waals surface area contributed by atoms with Crippen LogP contribution in [0.4, 0.5) is 11.5 Å². The van der Waals surface area contributed by atoms with Gasteiger partial charge in [-0.05, 0) is 32.0 Å². The maximum Gasteiger partial charge on any atom is 0.246 e. The van der Waals surface area contributed by atoms with Crippen LogP contribution in [-0.2, 0) is 11.3 Å². The fraction of sp³-hybridized carbons (Fsp3) is 0.308. The number of nitrogens with one attached hydrogen (secondary N) is 1. The predicted octanol–water partition coefficient (Wildman–Crippen LogP) is 1.29. The summed E-state index contributed by atoms with van der Waals surface area (Å²) >= 11 is 0. The molecular weight excluding hydrogens is 258 g/mol. The van der Waals surface area contributed by atoms with Gasteiger partial charge in [0, 0.05) is 12.4 Å². The Morgan fingerprint density at radius 2 is 2.30 bits per heavy atom. The van der Waals surface area contributed by atoms with Crippen LogP contribution in [0.5, 0.6) is 5.88 Å². The molecule has 0 aliphatic rings. The lowest BCUT2D eigenvalue weighted by molar-refractivity contribution is -0.116. The summed E-state index contributed by atoms with van der Waals surface area (Å²) in [4.78, 5) is 16.0. The predicted molar refractivity (Wildman–Crippen MR) is 75.3 cm³/mol. The van der Waals surface area contributed by atoms with E-state index in [1.807, 2.05) is 13.8 Å². The smallest absolute Gasteiger partial charge is 0.246 e. The molecule has 2 aromatic heterocycles. The van der Waals surface area contributed by atoms with Crippen molar-refractivity contribution in [2.75, 3.05) is 11.1 Å². The Bertz CT molecular complexity index is 594. The van der Waals surface area contributed by atoms with E-state index in [4.69, 9.17) is 10.5 Å². The fourth-order valence-corrected chi connectivity index (χ4v) is 1.61. The van der Waals surface area contributed by atoms with Crippen molar-refractivity contribution in [2.45, 2.75) is 26.5 Å². The van der Waals surface area contributed by atoms with Crippen LogP contribution in [0.15, 0.2) is 30.6 Å². The summed E-state index contributed by atoms with van der Waals surface area (Å²) in [5.74, 6) is 0.550. The van der Waals surface area contributed by atoms with Crippen LogP contribution in [-0.4, -0.2) is 26.8 Å². The van der Waals surface area contributed by atoms with Gasteiger partial charge in [0.1, 0.15) is 18.1 Å². The highest BCUT2D eigenvalue weighted by Gasteiger charge is 2.10. The van der Waals surface area contributed by atoms with Gasteiger partial charge < -0.3 is 15.8 Å². The average Bonchev–Trinajstić information content (AvgIpc) is 2.76. The molecular formula is C13H17N5O2. The molecule has 2 rings (SSSR count). The normalized spacial score (nSPS) is 10.6. The molecule has 7 nitrogen and oxygen atoms in total. The van der Waals surface area contributed by atoms with Gasteiger partial charge in [0.15, 0.2) is 0 Å². The van der Waals surface area contributed by atoms with Gasteiger partial charge in [-0.3, -0.25) is 9.48 Å². The second kappa shape index (κ2) is 6.05. The quantitative estimate of drug-likeness (QED) is 0.857. The number of aromatic nitrogens is 3. The van der Waals surface area contributed by atoms with Crippen LogP contribution >= 0.6 is 0 Å². The van der Waals surface area contributed by atoms with E-state index in [1.54, 1.807) is 30.6 Å². The van der Waals surface area contributed by atoms with Crippen molar-refractivity contribution < 1.29 is 9.53 Å². The Labute approximate surface area is 116 Å². The largest absolute Gasteiger partial charge is 0.473 e. The number of anilines is 2. The minimum absolute atomic E-state index is 0.0218. The van der Waals surface area contributed by atoms with E-state index in [9.17, 15) is 4.79 Å². The van der Waals surface area contributed by atoms with Crippen molar-refractivity contribution in [1.29, 1.82) is 0 Å². The number of ether oxygens (including phenoxy) is 1. The highest BCUT2D eigenvalue weighted by Crippen LogP contribution is 2.21. The van der Waals surface area contributed by atoms with Crippen LogP contribution in [0, 0.1) is 0 Å². The van der Waals surface area contributed by atoms with E-state index in [1.165, 1.54) is 4.68 Å². The van der Waals surface area contributed by atoms with Crippen molar-refractivity contribution in [3.05, 3.63) is 30.6 Å². The van der Waals surface area contributed by atoms with Gasteiger partial charge in [-0.25, -0.2) is 4.98 Å². The van der Waals surface area contributed by atoms with Crippen molar-refractivity contribution in [3.8, 4) is 5.88 Å². The first-order chi connectivity index (χ1) is 9.54. The molecule has 0 saturated heterocycles. The standard InChI is InChI=1S/C13H17N5O2/c1-9(2)20-13-10(4-3-6-15-13)16-12(19)8-18-7-5-11(14)17-18/h3-7,9H,8H2,1-2H3,(H2,14,17)(H,16,19). The van der Waals surface area contributed by atoms with E-state index in [-0.39, 0.29) is 18.6 Å². The number of carbonyl (C=O) groups is 1. The molecule has 106 valence electrons. The number of hydrogen-bond acceptors (Lipinski definition) is 5. The molecule has 0 aromatic carbocycles. The molecule has 1 amide bonds. The number of carbonyl (C=O) groups excluding carboxylic acids is 1. The van der Waals surface area contributed by atoms with Crippen LogP contribution < -0.4 is 15.8 Å². The molecule has 0 saturated carbocycles. The van der Waals surface area contributed by atoms with Gasteiger partial charge >= 0.3 is 0 Å². The minimum atomic E-state index is -0.227. The number of hydrogen-bond donors (Lipinski definition) is 2. The SMILES string of the molecule is CC(C)Oc1ncccc1NC(=O)Cn1ccc(N)n1. The molecule has 2 heterocycles. The lowest BCUT2D eigenvalue weighted by Crippen LogP contribution is -2.20. The summed E-state index contributed by atoms with van der Waals surface area (Å²) in [6.45, 7) is 3.87. The van der Waals surface area contributed by atoms with Gasteiger partial charge in [0.2, 0.25) is 11.8 Å². The maximum absolute atomic E-state index is 11.9. The Kier molecular flexibility index (Phi) is 4.19. The van der Waals surface area contributed by atoms with Gasteiger partial charge in [-0.2, -0.15) is 5.10 Å². The molecule has 0 aliphatic carbocycles. The molecule has 0 fully saturated rings. The number of amides is 1. The van der Waals surface area contributed by atoms with E-state index in [0.717, 1.165) is 0 Å². The average molecular weight is 275 g/mol. The highest BCUT2D eigenvalue weighted by molar-refractivity contribution is 5.91. The first kappa shape index (κ1) is 13.9. The third-order valence-electron chi connectivity index (χ3n) is 2.36. The molecule has 7 heteroatoms. The number of pyridine rings is 1. The first-order valence-electron chi connectivity index (χ1n) is 6.25. The zero-order valence-electron chi connectivity index (χ0n) is 11.4. The van der Waals surface area contributed by atoms with Crippen LogP contribution in [0.3, 0.4) is 0 Å². The highest BCUT2D eigenvalue weighted by atomic mass is 16.5. The summed E-state index contributed by atoms with van der Waals surface area (Å²) in [5.41, 5.74) is 6.03. The van der Waals surface area contributed by atoms with Crippen molar-refractivity contribution in [3.63, 3.8) is 0 Å². The Balaban J connectivity index is 2.04. The molecule has 0 radical (unpaired) electrons. The van der Waals surface area contributed by atoms with Gasteiger partial charge in [-0.15, -0.1) is 0 Å². The zero-order valence-corrected chi connectivity index (χ0v) is 11.4. The molecule has 0 spiro atoms. The molecule has 2 aromatic rings. The van der Waals surface area contributed by atoms with E-state index < -0.39 is 0 Å². The molecule has 0 bridgehead atoms. The van der Waals surface area contributed by atoms with Gasteiger partial charge in [-0.1, -0.05) is 0 Å². The fourth-order valence-electron chi connectivity index (χ4n) is 1.61. The van der Waals surface area contributed by atoms with Gasteiger partial charge in [0.05, 0.1) is 6.10 Å². The van der Waals surface area contributed by atoms with Gasteiger partial charge in [0.25, 0.3) is 0 Å². The zero-order chi connectivity index (χ0) is 14.5. The summed E-state index contributed by atoms with van der Waals surface area (Å²) in [5, 5.41) is 6.70. The topological polar surface area (TPSA) is 95.1 Å². The lowest BCUT2D eigenvalue weighted by atomic mass is 10.4. The monoisotopic (exact) mass is 275 g/mol. The third-order valence-corrected chi connectivity index (χ3v) is 2.36. The lowest BCUT2D eigenvalue weighted by Gasteiger charge is -2.13. The van der Waals surface area contributed by atoms with Crippen molar-refractivity contribution in [2.24, 2.45) is 0 Å². The van der Waals surface area contributed by atoms with Crippen molar-refractivity contribution in [1.82, 2.24) is 14.8 Å². The second-order valence-electron chi connectivity index (χ2n) is 4.51. The molecule has 0 aliphatic heterocycles. The van der Waals surface area contributed by atoms with Crippen LogP contribution in [0.1, 0.15) is 13.8 Å². The minimum Gasteiger partial charge on any atom is -0.473 e. The number of nitrogens with two attached hydrogens (primary N) is 1. The Hall–Kier alpha value is -2.57. The van der Waals surface area contributed by atoms with Crippen LogP contribution in [0.25, 0.3) is 0 Å². The Morgan fingerprint density at radius 1 is 1.50 bits per heavy atom.